The van der Waals surface area contributed by atoms with Crippen molar-refractivity contribution in [3.63, 3.8) is 0 Å². The highest BCUT2D eigenvalue weighted by molar-refractivity contribution is 7.11. The third-order valence-electron chi connectivity index (χ3n) is 2.28. The number of anilines is 1. The Bertz CT molecular complexity index is 545. The van der Waals surface area contributed by atoms with Crippen LogP contribution in [0.3, 0.4) is 0 Å². The van der Waals surface area contributed by atoms with Gasteiger partial charge in [0.2, 0.25) is 0 Å². The summed E-state index contributed by atoms with van der Waals surface area (Å²) < 4.78 is 0. The van der Waals surface area contributed by atoms with Gasteiger partial charge >= 0.3 is 0 Å². The van der Waals surface area contributed by atoms with Gasteiger partial charge in [-0.2, -0.15) is 5.10 Å². The van der Waals surface area contributed by atoms with Gasteiger partial charge in [-0.3, -0.25) is 9.89 Å². The lowest BCUT2D eigenvalue weighted by molar-refractivity contribution is 0.0946. The summed E-state index contributed by atoms with van der Waals surface area (Å²) in [6.07, 6.45) is 1.78. The van der Waals surface area contributed by atoms with E-state index in [9.17, 15) is 4.79 Å². The topological polar surface area (TPSA) is 96.7 Å². The summed E-state index contributed by atoms with van der Waals surface area (Å²) in [5.41, 5.74) is 7.02. The number of nitrogens with one attached hydrogen (secondary N) is 2. The number of amides is 1. The van der Waals surface area contributed by atoms with Crippen molar-refractivity contribution in [3.05, 3.63) is 27.5 Å². The van der Waals surface area contributed by atoms with Gasteiger partial charge in [0, 0.05) is 11.1 Å². The molecule has 0 unspecified atom stereocenters. The average molecular weight is 251 g/mol. The molecule has 0 aromatic carbocycles. The Kier molecular flexibility index (Phi) is 3.10. The Hall–Kier alpha value is -1.89. The Morgan fingerprint density at radius 2 is 2.35 bits per heavy atom. The van der Waals surface area contributed by atoms with Crippen molar-refractivity contribution in [1.82, 2.24) is 20.5 Å². The molecule has 4 N–H and O–H groups in total. The molecule has 17 heavy (non-hydrogen) atoms. The average Bonchev–Trinajstić information content (AvgIpc) is 2.84. The van der Waals surface area contributed by atoms with E-state index in [1.54, 1.807) is 24.5 Å². The number of nitrogens with zero attached hydrogens (tertiary/aromatic N) is 2. The number of aromatic nitrogens is 3. The van der Waals surface area contributed by atoms with Crippen LogP contribution >= 0.6 is 11.3 Å². The maximum absolute atomic E-state index is 11.8. The fourth-order valence-electron chi connectivity index (χ4n) is 1.33. The largest absolute Gasteiger partial charge is 0.395 e. The molecule has 0 fully saturated rings. The van der Waals surface area contributed by atoms with E-state index < -0.39 is 0 Å². The van der Waals surface area contributed by atoms with Crippen molar-refractivity contribution < 1.29 is 4.79 Å². The molecule has 2 aromatic heterocycles. The number of carbonyl (C=O) groups excluding carboxylic acids is 1. The first-order chi connectivity index (χ1) is 8.08. The zero-order chi connectivity index (χ0) is 12.4. The van der Waals surface area contributed by atoms with Crippen LogP contribution < -0.4 is 11.1 Å². The minimum Gasteiger partial charge on any atom is -0.395 e. The summed E-state index contributed by atoms with van der Waals surface area (Å²) in [7, 11) is 0. The highest BCUT2D eigenvalue weighted by Crippen LogP contribution is 2.13. The van der Waals surface area contributed by atoms with Crippen LogP contribution in [0.2, 0.25) is 0 Å². The van der Waals surface area contributed by atoms with E-state index in [0.717, 1.165) is 9.88 Å². The van der Waals surface area contributed by atoms with Crippen LogP contribution in [0.4, 0.5) is 5.69 Å². The van der Waals surface area contributed by atoms with Crippen molar-refractivity contribution in [3.8, 4) is 0 Å². The van der Waals surface area contributed by atoms with Crippen molar-refractivity contribution in [2.75, 3.05) is 5.73 Å². The number of aryl methyl sites for hydroxylation is 2. The van der Waals surface area contributed by atoms with Gasteiger partial charge in [0.15, 0.2) is 5.69 Å². The molecule has 2 aromatic rings. The Labute approximate surface area is 102 Å². The Morgan fingerprint density at radius 1 is 1.59 bits per heavy atom. The number of hydrogen-bond acceptors (Lipinski definition) is 5. The predicted molar refractivity (Wildman–Crippen MR) is 65.8 cm³/mol. The number of nitrogen functional groups attached to an aromatic ring is 1. The van der Waals surface area contributed by atoms with E-state index in [1.807, 2.05) is 6.92 Å². The molecule has 0 atom stereocenters. The summed E-state index contributed by atoms with van der Waals surface area (Å²) >= 11 is 1.55. The number of rotatable bonds is 3. The van der Waals surface area contributed by atoms with Gasteiger partial charge in [0.1, 0.15) is 5.01 Å². The Balaban J connectivity index is 2.00. The zero-order valence-corrected chi connectivity index (χ0v) is 10.4. The van der Waals surface area contributed by atoms with Crippen LogP contribution in [0.15, 0.2) is 6.20 Å². The van der Waals surface area contributed by atoms with E-state index in [4.69, 9.17) is 5.73 Å². The second-order valence-electron chi connectivity index (χ2n) is 3.66. The van der Waals surface area contributed by atoms with Crippen LogP contribution in [0.25, 0.3) is 0 Å². The lowest BCUT2D eigenvalue weighted by atomic mass is 10.3. The summed E-state index contributed by atoms with van der Waals surface area (Å²) in [4.78, 5) is 17.0. The predicted octanol–water partition coefficient (Wildman–Crippen LogP) is 0.995. The van der Waals surface area contributed by atoms with Gasteiger partial charge in [-0.05, 0) is 13.8 Å². The molecule has 90 valence electrons. The molecule has 6 nitrogen and oxygen atoms in total. The van der Waals surface area contributed by atoms with Crippen LogP contribution in [0.5, 0.6) is 0 Å². The van der Waals surface area contributed by atoms with E-state index in [1.165, 1.54) is 0 Å². The van der Waals surface area contributed by atoms with Crippen LogP contribution in [-0.2, 0) is 6.54 Å². The number of thiazole rings is 1. The number of H-pyrrole nitrogens is 1. The quantitative estimate of drug-likeness (QED) is 0.758. The minimum atomic E-state index is -0.292. The van der Waals surface area contributed by atoms with Crippen LogP contribution in [0, 0.1) is 13.8 Å². The van der Waals surface area contributed by atoms with Crippen LogP contribution in [-0.4, -0.2) is 21.1 Å². The van der Waals surface area contributed by atoms with Crippen molar-refractivity contribution >= 4 is 22.9 Å². The molecule has 0 spiro atoms. The second-order valence-corrected chi connectivity index (χ2v) is 4.98. The fraction of sp³-hybridized carbons (Fsp3) is 0.300. The maximum Gasteiger partial charge on any atom is 0.274 e. The standard InChI is InChI=1S/C10H13N5OS/c1-5-3-12-7(17-5)4-13-10(16)9-8(11)6(2)14-15-9/h3H,4,11H2,1-2H3,(H,13,16)(H,14,15). The first kappa shape index (κ1) is 11.6. The van der Waals surface area contributed by atoms with Crippen molar-refractivity contribution in [1.29, 1.82) is 0 Å². The number of hydrogen-bond donors (Lipinski definition) is 3. The molecule has 0 bridgehead atoms. The number of aromatic amines is 1. The van der Waals surface area contributed by atoms with E-state index in [2.05, 4.69) is 20.5 Å². The molecule has 2 heterocycles. The van der Waals surface area contributed by atoms with Gasteiger partial charge in [0.05, 0.1) is 17.9 Å². The molecular weight excluding hydrogens is 238 g/mol. The summed E-state index contributed by atoms with van der Waals surface area (Å²) in [5.74, 6) is -0.292. The van der Waals surface area contributed by atoms with Gasteiger partial charge in [-0.25, -0.2) is 4.98 Å². The van der Waals surface area contributed by atoms with Gasteiger partial charge in [-0.1, -0.05) is 0 Å². The highest BCUT2D eigenvalue weighted by atomic mass is 32.1. The van der Waals surface area contributed by atoms with Crippen molar-refractivity contribution in [2.45, 2.75) is 20.4 Å². The molecule has 7 heteroatoms. The molecule has 0 aliphatic rings. The zero-order valence-electron chi connectivity index (χ0n) is 9.57. The number of carbonyl (C=O) groups is 1. The van der Waals surface area contributed by atoms with Gasteiger partial charge in [-0.15, -0.1) is 11.3 Å². The van der Waals surface area contributed by atoms with E-state index in [-0.39, 0.29) is 11.6 Å². The molecule has 0 radical (unpaired) electrons. The maximum atomic E-state index is 11.8. The SMILES string of the molecule is Cc1cnc(CNC(=O)c2n[nH]c(C)c2N)s1. The summed E-state index contributed by atoms with van der Waals surface area (Å²) in [6, 6.07) is 0. The molecule has 0 aliphatic carbocycles. The molecule has 2 rings (SSSR count). The highest BCUT2D eigenvalue weighted by Gasteiger charge is 2.15. The van der Waals surface area contributed by atoms with Gasteiger partial charge in [0.25, 0.3) is 5.91 Å². The summed E-state index contributed by atoms with van der Waals surface area (Å²) in [6.45, 7) is 4.13. The molecule has 0 saturated carbocycles. The minimum absolute atomic E-state index is 0.232. The lowest BCUT2D eigenvalue weighted by Gasteiger charge is -2.00. The molecule has 0 saturated heterocycles. The normalized spacial score (nSPS) is 10.5. The van der Waals surface area contributed by atoms with E-state index in [0.29, 0.717) is 17.9 Å². The van der Waals surface area contributed by atoms with E-state index >= 15 is 0 Å². The number of nitrogens with two attached hydrogens (primary N) is 1. The summed E-state index contributed by atoms with van der Waals surface area (Å²) in [5, 5.41) is 10.1. The fourth-order valence-corrected chi connectivity index (χ4v) is 2.06. The van der Waals surface area contributed by atoms with Crippen LogP contribution in [0.1, 0.15) is 26.1 Å². The van der Waals surface area contributed by atoms with Crippen molar-refractivity contribution in [2.24, 2.45) is 0 Å². The monoisotopic (exact) mass is 251 g/mol. The molecule has 0 aliphatic heterocycles. The first-order valence-electron chi connectivity index (χ1n) is 5.08. The third kappa shape index (κ3) is 2.44. The van der Waals surface area contributed by atoms with Gasteiger partial charge < -0.3 is 11.1 Å². The second kappa shape index (κ2) is 4.54. The molecule has 1 amide bonds. The molecular formula is C10H13N5OS. The lowest BCUT2D eigenvalue weighted by Crippen LogP contribution is -2.24. The smallest absolute Gasteiger partial charge is 0.274 e. The Morgan fingerprint density at radius 3 is 2.88 bits per heavy atom. The first-order valence-corrected chi connectivity index (χ1v) is 5.89. The third-order valence-corrected chi connectivity index (χ3v) is 3.19.